The highest BCUT2D eigenvalue weighted by atomic mass is 16.4. The second-order valence-electron chi connectivity index (χ2n) is 9.08. The Hall–Kier alpha value is -4.50. The van der Waals surface area contributed by atoms with Crippen LogP contribution in [0.15, 0.2) is 72.8 Å². The van der Waals surface area contributed by atoms with Crippen LogP contribution in [-0.2, 0) is 17.8 Å². The number of benzene rings is 3. The Kier molecular flexibility index (Phi) is 6.70. The van der Waals surface area contributed by atoms with Gasteiger partial charge in [0.25, 0.3) is 5.91 Å². The molecule has 9 nitrogen and oxygen atoms in total. The summed E-state index contributed by atoms with van der Waals surface area (Å²) in [6.45, 7) is 1.64. The van der Waals surface area contributed by atoms with Crippen molar-refractivity contribution in [3.8, 4) is 0 Å². The summed E-state index contributed by atoms with van der Waals surface area (Å²) in [5, 5.41) is 20.3. The molecule has 1 amide bonds. The van der Waals surface area contributed by atoms with Crippen LogP contribution >= 0.6 is 0 Å². The molecule has 188 valence electrons. The number of nitrogens with one attached hydrogen (secondary N) is 2. The number of carbonyl (C=O) groups excluding carboxylic acids is 1. The first-order valence-electron chi connectivity index (χ1n) is 12.2. The van der Waals surface area contributed by atoms with Gasteiger partial charge in [-0.25, -0.2) is 4.98 Å². The largest absolute Gasteiger partial charge is 0.481 e. The molecule has 1 aliphatic rings. The van der Waals surface area contributed by atoms with Crippen molar-refractivity contribution in [1.29, 1.82) is 5.41 Å². The van der Waals surface area contributed by atoms with Gasteiger partial charge in [0.2, 0.25) is 0 Å². The van der Waals surface area contributed by atoms with Crippen molar-refractivity contribution in [3.63, 3.8) is 0 Å². The highest BCUT2D eigenvalue weighted by Crippen LogP contribution is 2.28. The molecule has 0 fully saturated rings. The van der Waals surface area contributed by atoms with Crippen molar-refractivity contribution < 1.29 is 14.7 Å². The Morgan fingerprint density at radius 1 is 1.08 bits per heavy atom. The van der Waals surface area contributed by atoms with Crippen LogP contribution in [-0.4, -0.2) is 45.5 Å². The van der Waals surface area contributed by atoms with E-state index < -0.39 is 5.97 Å². The van der Waals surface area contributed by atoms with Crippen molar-refractivity contribution in [3.05, 3.63) is 95.3 Å². The number of amidine groups is 1. The van der Waals surface area contributed by atoms with Gasteiger partial charge in [-0.2, -0.15) is 0 Å². The lowest BCUT2D eigenvalue weighted by atomic mass is 10.0. The van der Waals surface area contributed by atoms with Gasteiger partial charge in [0.05, 0.1) is 23.5 Å². The van der Waals surface area contributed by atoms with Crippen LogP contribution in [0.5, 0.6) is 0 Å². The number of carbonyl (C=O) groups is 2. The minimum atomic E-state index is -0.958. The molecule has 0 spiro atoms. The van der Waals surface area contributed by atoms with E-state index in [0.29, 0.717) is 16.8 Å². The van der Waals surface area contributed by atoms with E-state index in [9.17, 15) is 14.7 Å². The first kappa shape index (κ1) is 24.2. The van der Waals surface area contributed by atoms with Crippen molar-refractivity contribution >= 4 is 34.4 Å². The number of hydrogen-bond acceptors (Lipinski definition) is 5. The fourth-order valence-electron chi connectivity index (χ4n) is 4.76. The van der Waals surface area contributed by atoms with E-state index in [1.807, 2.05) is 48.5 Å². The fraction of sp³-hybridized carbons (Fsp3) is 0.214. The van der Waals surface area contributed by atoms with Gasteiger partial charge in [-0.15, -0.1) is 0 Å². The second kappa shape index (κ2) is 10.2. The first-order valence-corrected chi connectivity index (χ1v) is 12.2. The number of aliphatic carboxylic acids is 1. The average Bonchev–Trinajstić information content (AvgIpc) is 3.28. The molecule has 37 heavy (non-hydrogen) atoms. The maximum absolute atomic E-state index is 13.5. The van der Waals surface area contributed by atoms with Crippen molar-refractivity contribution in [1.82, 2.24) is 14.9 Å². The molecule has 2 heterocycles. The molecular weight excluding hydrogens is 468 g/mol. The number of nitrogens with two attached hydrogens (primary N) is 1. The zero-order valence-electron chi connectivity index (χ0n) is 20.2. The summed E-state index contributed by atoms with van der Waals surface area (Å²) in [5.41, 5.74) is 10.2. The molecule has 1 unspecified atom stereocenters. The summed E-state index contributed by atoms with van der Waals surface area (Å²) in [4.78, 5) is 31.1. The zero-order chi connectivity index (χ0) is 25.9. The van der Waals surface area contributed by atoms with Crippen LogP contribution in [0, 0.1) is 5.41 Å². The molecule has 4 aromatic rings. The summed E-state index contributed by atoms with van der Waals surface area (Å²) in [5.74, 6) is -0.267. The quantitative estimate of drug-likeness (QED) is 0.218. The molecule has 0 bridgehead atoms. The molecule has 9 heteroatoms. The molecule has 3 aromatic carbocycles. The van der Waals surface area contributed by atoms with Crippen LogP contribution in [0.4, 0.5) is 5.69 Å². The number of rotatable bonds is 8. The Bertz CT molecular complexity index is 1460. The fourth-order valence-corrected chi connectivity index (χ4v) is 4.76. The van der Waals surface area contributed by atoms with E-state index in [4.69, 9.17) is 16.1 Å². The van der Waals surface area contributed by atoms with Gasteiger partial charge in [-0.3, -0.25) is 15.0 Å². The number of nitrogens with zero attached hydrogens (tertiary/aromatic N) is 3. The molecule has 0 saturated heterocycles. The molecule has 0 aliphatic carbocycles. The molecule has 0 radical (unpaired) electrons. The third-order valence-electron chi connectivity index (χ3n) is 6.63. The number of amides is 1. The van der Waals surface area contributed by atoms with Gasteiger partial charge < -0.3 is 25.6 Å². The molecule has 5 N–H and O–H groups in total. The van der Waals surface area contributed by atoms with Crippen molar-refractivity contribution in [2.24, 2.45) is 5.73 Å². The third-order valence-corrected chi connectivity index (χ3v) is 6.63. The van der Waals surface area contributed by atoms with Crippen molar-refractivity contribution in [2.75, 3.05) is 18.0 Å². The average molecular weight is 497 g/mol. The Morgan fingerprint density at radius 3 is 2.51 bits per heavy atom. The number of para-hydroxylation sites is 1. The topological polar surface area (TPSA) is 137 Å². The molecule has 1 atom stereocenters. The lowest BCUT2D eigenvalue weighted by Crippen LogP contribution is -2.34. The van der Waals surface area contributed by atoms with Gasteiger partial charge in [-0.1, -0.05) is 42.5 Å². The monoisotopic (exact) mass is 496 g/mol. The summed E-state index contributed by atoms with van der Waals surface area (Å²) < 4.78 is 2.19. The first-order chi connectivity index (χ1) is 17.9. The van der Waals surface area contributed by atoms with Crippen LogP contribution in [0.25, 0.3) is 11.0 Å². The smallest absolute Gasteiger partial charge is 0.305 e. The predicted octanol–water partition coefficient (Wildman–Crippen LogP) is 3.33. The number of imidazole rings is 1. The highest BCUT2D eigenvalue weighted by molar-refractivity contribution is 6.07. The third kappa shape index (κ3) is 5.07. The summed E-state index contributed by atoms with van der Waals surface area (Å²) in [6.07, 6.45) is 0.576. The Morgan fingerprint density at radius 2 is 1.81 bits per heavy atom. The highest BCUT2D eigenvalue weighted by Gasteiger charge is 2.25. The minimum Gasteiger partial charge on any atom is -0.481 e. The predicted molar refractivity (Wildman–Crippen MR) is 142 cm³/mol. The standard InChI is InChI=1S/C28H28N6O3/c29-26(30)19-8-6-18(7-9-19)16-23-27-32-22-17-20(10-11-24(22)34(27)15-13-31-23)28(37)33(14-12-25(35)36)21-4-2-1-3-5-21/h1-11,17,23,31H,12-16H2,(H3,29,30)(H,35,36). The zero-order valence-corrected chi connectivity index (χ0v) is 20.2. The number of nitrogen functional groups attached to an aromatic ring is 1. The van der Waals surface area contributed by atoms with Gasteiger partial charge in [-0.05, 0) is 42.3 Å². The SMILES string of the molecule is N=C(N)c1ccc(CC2NCCn3c2nc2cc(C(=O)N(CCC(=O)O)c4ccccc4)ccc23)cc1. The second-order valence-corrected chi connectivity index (χ2v) is 9.08. The summed E-state index contributed by atoms with van der Waals surface area (Å²) in [7, 11) is 0. The van der Waals surface area contributed by atoms with E-state index >= 15 is 0 Å². The molecule has 1 aromatic heterocycles. The number of fused-ring (bicyclic) bond motifs is 3. The number of carboxylic acid groups (broad SMARTS) is 1. The number of carboxylic acids is 1. The number of hydrogen-bond donors (Lipinski definition) is 4. The maximum atomic E-state index is 13.5. The minimum absolute atomic E-state index is 0.000126. The van der Waals surface area contributed by atoms with Gasteiger partial charge in [0, 0.05) is 36.4 Å². The van der Waals surface area contributed by atoms with Gasteiger partial charge >= 0.3 is 5.97 Å². The summed E-state index contributed by atoms with van der Waals surface area (Å²) >= 11 is 0. The van der Waals surface area contributed by atoms with Crippen LogP contribution in [0.2, 0.25) is 0 Å². The number of aromatic nitrogens is 2. The maximum Gasteiger partial charge on any atom is 0.305 e. The van der Waals surface area contributed by atoms with Crippen LogP contribution < -0.4 is 16.0 Å². The van der Waals surface area contributed by atoms with E-state index in [1.54, 1.807) is 24.3 Å². The van der Waals surface area contributed by atoms with Crippen molar-refractivity contribution in [2.45, 2.75) is 25.4 Å². The van der Waals surface area contributed by atoms with E-state index in [-0.39, 0.29) is 30.8 Å². The van der Waals surface area contributed by atoms with Gasteiger partial charge in [0.15, 0.2) is 0 Å². The number of anilines is 1. The Balaban J connectivity index is 1.43. The van der Waals surface area contributed by atoms with Crippen LogP contribution in [0.3, 0.4) is 0 Å². The van der Waals surface area contributed by atoms with Gasteiger partial charge in [0.1, 0.15) is 11.7 Å². The van der Waals surface area contributed by atoms with E-state index in [2.05, 4.69) is 9.88 Å². The normalized spacial score (nSPS) is 14.8. The Labute approximate surface area is 214 Å². The van der Waals surface area contributed by atoms with E-state index in [0.717, 1.165) is 41.9 Å². The summed E-state index contributed by atoms with van der Waals surface area (Å²) in [6, 6.07) is 22.3. The molecule has 1 aliphatic heterocycles. The van der Waals surface area contributed by atoms with Crippen LogP contribution in [0.1, 0.15) is 39.8 Å². The lowest BCUT2D eigenvalue weighted by Gasteiger charge is -2.25. The molecular formula is C28H28N6O3. The lowest BCUT2D eigenvalue weighted by molar-refractivity contribution is -0.136. The molecule has 5 rings (SSSR count). The van der Waals surface area contributed by atoms with E-state index in [1.165, 1.54) is 4.90 Å². The molecule has 0 saturated carbocycles.